The number of anilines is 1. The minimum atomic E-state index is -0.197. The van der Waals surface area contributed by atoms with Crippen molar-refractivity contribution in [2.75, 3.05) is 11.9 Å². The monoisotopic (exact) mass is 295 g/mol. The first-order chi connectivity index (χ1) is 9.54. The number of carbonyl (C=O) groups excluding carboxylic acids is 1. The van der Waals surface area contributed by atoms with Gasteiger partial charge in [0.05, 0.1) is 0 Å². The molecule has 3 atom stereocenters. The summed E-state index contributed by atoms with van der Waals surface area (Å²) in [5.74, 6) is 1.16. The zero-order valence-electron chi connectivity index (χ0n) is 12.1. The molecule has 0 amide bonds. The average Bonchev–Trinajstić information content (AvgIpc) is 2.41. The molecular formula is C16H22ClNO2. The van der Waals surface area contributed by atoms with Crippen molar-refractivity contribution in [3.63, 3.8) is 0 Å². The summed E-state index contributed by atoms with van der Waals surface area (Å²) in [4.78, 5) is 11.8. The van der Waals surface area contributed by atoms with Gasteiger partial charge in [-0.15, -0.1) is 0 Å². The number of rotatable bonds is 4. The van der Waals surface area contributed by atoms with Gasteiger partial charge in [-0.05, 0) is 49.3 Å². The topological polar surface area (TPSA) is 38.3 Å². The van der Waals surface area contributed by atoms with Gasteiger partial charge < -0.3 is 10.1 Å². The van der Waals surface area contributed by atoms with E-state index < -0.39 is 0 Å². The Labute approximate surface area is 125 Å². The van der Waals surface area contributed by atoms with E-state index in [-0.39, 0.29) is 18.6 Å². The van der Waals surface area contributed by atoms with E-state index in [1.165, 1.54) is 0 Å². The third kappa shape index (κ3) is 4.41. The van der Waals surface area contributed by atoms with Crippen LogP contribution in [-0.2, 0) is 9.53 Å². The number of benzene rings is 1. The van der Waals surface area contributed by atoms with E-state index in [1.54, 1.807) is 12.1 Å². The van der Waals surface area contributed by atoms with Gasteiger partial charge in [-0.2, -0.15) is 0 Å². The molecule has 1 aromatic rings. The molecule has 0 radical (unpaired) electrons. The van der Waals surface area contributed by atoms with Crippen LogP contribution in [-0.4, -0.2) is 18.6 Å². The Hall–Kier alpha value is -1.22. The van der Waals surface area contributed by atoms with Gasteiger partial charge in [0, 0.05) is 10.7 Å². The highest BCUT2D eigenvalue weighted by molar-refractivity contribution is 6.30. The first kappa shape index (κ1) is 15.2. The van der Waals surface area contributed by atoms with Crippen molar-refractivity contribution in [3.8, 4) is 0 Å². The lowest BCUT2D eigenvalue weighted by atomic mass is 9.80. The highest BCUT2D eigenvalue weighted by Gasteiger charge is 2.26. The third-order valence-corrected chi connectivity index (χ3v) is 4.34. The van der Waals surface area contributed by atoms with E-state index in [1.807, 2.05) is 12.1 Å². The lowest BCUT2D eigenvalue weighted by Crippen LogP contribution is -2.30. The SMILES string of the molecule is CC1CCC(OC(=O)CNc2cccc(Cl)c2)CC1C. The van der Waals surface area contributed by atoms with E-state index in [9.17, 15) is 4.79 Å². The van der Waals surface area contributed by atoms with Gasteiger partial charge in [0.1, 0.15) is 12.6 Å². The molecule has 3 unspecified atom stereocenters. The van der Waals surface area contributed by atoms with E-state index in [4.69, 9.17) is 16.3 Å². The fourth-order valence-corrected chi connectivity index (χ4v) is 2.80. The number of esters is 1. The van der Waals surface area contributed by atoms with Crippen LogP contribution in [0.3, 0.4) is 0 Å². The minimum Gasteiger partial charge on any atom is -0.461 e. The van der Waals surface area contributed by atoms with Crippen LogP contribution in [0.2, 0.25) is 5.02 Å². The summed E-state index contributed by atoms with van der Waals surface area (Å²) < 4.78 is 5.53. The quantitative estimate of drug-likeness (QED) is 0.849. The van der Waals surface area contributed by atoms with Gasteiger partial charge in [0.25, 0.3) is 0 Å². The lowest BCUT2D eigenvalue weighted by molar-refractivity contribution is -0.149. The molecule has 1 aliphatic carbocycles. The van der Waals surface area contributed by atoms with Crippen LogP contribution in [0.1, 0.15) is 33.1 Å². The Morgan fingerprint density at radius 3 is 2.85 bits per heavy atom. The van der Waals surface area contributed by atoms with Crippen molar-refractivity contribution in [2.24, 2.45) is 11.8 Å². The van der Waals surface area contributed by atoms with Crippen molar-refractivity contribution in [1.82, 2.24) is 0 Å². The Bertz CT molecular complexity index is 464. The van der Waals surface area contributed by atoms with Crippen LogP contribution in [0.25, 0.3) is 0 Å². The molecular weight excluding hydrogens is 274 g/mol. The van der Waals surface area contributed by atoms with Crippen LogP contribution in [0, 0.1) is 11.8 Å². The molecule has 0 bridgehead atoms. The second-order valence-electron chi connectivity index (χ2n) is 5.74. The van der Waals surface area contributed by atoms with Crippen LogP contribution in [0.15, 0.2) is 24.3 Å². The Morgan fingerprint density at radius 2 is 2.15 bits per heavy atom. The highest BCUT2D eigenvalue weighted by Crippen LogP contribution is 2.30. The molecule has 1 N–H and O–H groups in total. The standard InChI is InChI=1S/C16H22ClNO2/c1-11-6-7-15(8-12(11)2)20-16(19)10-18-14-5-3-4-13(17)9-14/h3-5,9,11-12,15,18H,6-8,10H2,1-2H3. The average molecular weight is 296 g/mol. The Balaban J connectivity index is 1.75. The summed E-state index contributed by atoms with van der Waals surface area (Å²) in [6.45, 7) is 4.68. The first-order valence-corrected chi connectivity index (χ1v) is 7.61. The van der Waals surface area contributed by atoms with Crippen molar-refractivity contribution in [3.05, 3.63) is 29.3 Å². The summed E-state index contributed by atoms with van der Waals surface area (Å²) in [7, 11) is 0. The molecule has 1 aliphatic rings. The van der Waals surface area contributed by atoms with Crippen LogP contribution < -0.4 is 5.32 Å². The van der Waals surface area contributed by atoms with Crippen molar-refractivity contribution >= 4 is 23.3 Å². The molecule has 0 aliphatic heterocycles. The van der Waals surface area contributed by atoms with Gasteiger partial charge in [-0.1, -0.05) is 31.5 Å². The number of hydrogen-bond acceptors (Lipinski definition) is 3. The second-order valence-corrected chi connectivity index (χ2v) is 6.18. The van der Waals surface area contributed by atoms with Gasteiger partial charge in [-0.3, -0.25) is 4.79 Å². The number of hydrogen-bond donors (Lipinski definition) is 1. The third-order valence-electron chi connectivity index (χ3n) is 4.11. The van der Waals surface area contributed by atoms with Crippen LogP contribution >= 0.6 is 11.6 Å². The van der Waals surface area contributed by atoms with Crippen molar-refractivity contribution in [2.45, 2.75) is 39.2 Å². The first-order valence-electron chi connectivity index (χ1n) is 7.23. The number of carbonyl (C=O) groups is 1. The van der Waals surface area contributed by atoms with Gasteiger partial charge in [0.15, 0.2) is 0 Å². The number of halogens is 1. The van der Waals surface area contributed by atoms with E-state index in [0.717, 1.165) is 30.9 Å². The largest absolute Gasteiger partial charge is 0.461 e. The van der Waals surface area contributed by atoms with E-state index in [0.29, 0.717) is 10.9 Å². The van der Waals surface area contributed by atoms with Crippen LogP contribution in [0.5, 0.6) is 0 Å². The van der Waals surface area contributed by atoms with E-state index >= 15 is 0 Å². The molecule has 3 nitrogen and oxygen atoms in total. The van der Waals surface area contributed by atoms with Crippen LogP contribution in [0.4, 0.5) is 5.69 Å². The molecule has 0 aromatic heterocycles. The fraction of sp³-hybridized carbons (Fsp3) is 0.562. The molecule has 1 saturated carbocycles. The highest BCUT2D eigenvalue weighted by atomic mass is 35.5. The number of nitrogens with one attached hydrogen (secondary N) is 1. The molecule has 2 rings (SSSR count). The zero-order valence-corrected chi connectivity index (χ0v) is 12.8. The molecule has 1 fully saturated rings. The Morgan fingerprint density at radius 1 is 1.35 bits per heavy atom. The summed E-state index contributed by atoms with van der Waals surface area (Å²) >= 11 is 5.89. The zero-order chi connectivity index (χ0) is 14.5. The minimum absolute atomic E-state index is 0.0786. The maximum absolute atomic E-state index is 11.8. The Kier molecular flexibility index (Phi) is 5.30. The molecule has 0 heterocycles. The summed E-state index contributed by atoms with van der Waals surface area (Å²) in [6.07, 6.45) is 3.18. The van der Waals surface area contributed by atoms with Gasteiger partial charge in [0.2, 0.25) is 0 Å². The summed E-state index contributed by atoms with van der Waals surface area (Å²) in [6, 6.07) is 7.32. The molecule has 4 heteroatoms. The maximum atomic E-state index is 11.8. The smallest absolute Gasteiger partial charge is 0.325 e. The van der Waals surface area contributed by atoms with Crippen molar-refractivity contribution < 1.29 is 9.53 Å². The van der Waals surface area contributed by atoms with Crippen molar-refractivity contribution in [1.29, 1.82) is 0 Å². The summed E-state index contributed by atoms with van der Waals surface area (Å²) in [5.41, 5.74) is 0.833. The van der Waals surface area contributed by atoms with Gasteiger partial charge >= 0.3 is 5.97 Å². The molecule has 20 heavy (non-hydrogen) atoms. The molecule has 0 saturated heterocycles. The summed E-state index contributed by atoms with van der Waals surface area (Å²) in [5, 5.41) is 3.69. The molecule has 0 spiro atoms. The normalized spacial score (nSPS) is 26.1. The lowest BCUT2D eigenvalue weighted by Gasteiger charge is -2.31. The van der Waals surface area contributed by atoms with Gasteiger partial charge in [-0.25, -0.2) is 0 Å². The number of ether oxygens (including phenoxy) is 1. The fourth-order valence-electron chi connectivity index (χ4n) is 2.61. The molecule has 110 valence electrons. The second kappa shape index (κ2) is 6.98. The predicted octanol–water partition coefficient (Wildman–Crippen LogP) is 4.12. The van der Waals surface area contributed by atoms with E-state index in [2.05, 4.69) is 19.2 Å². The predicted molar refractivity (Wildman–Crippen MR) is 82.0 cm³/mol. The maximum Gasteiger partial charge on any atom is 0.325 e. The molecule has 1 aromatic carbocycles.